The maximum atomic E-state index is 12.8. The van der Waals surface area contributed by atoms with E-state index in [4.69, 9.17) is 10.5 Å². The molecule has 0 aliphatic carbocycles. The highest BCUT2D eigenvalue weighted by Gasteiger charge is 2.38. The van der Waals surface area contributed by atoms with Gasteiger partial charge in [-0.25, -0.2) is 4.98 Å². The number of nitrogen functional groups attached to an aromatic ring is 1. The van der Waals surface area contributed by atoms with E-state index in [0.29, 0.717) is 0 Å². The number of aromatic nitrogens is 1. The molecule has 0 atom stereocenters. The van der Waals surface area contributed by atoms with Crippen molar-refractivity contribution in [2.24, 2.45) is 0 Å². The zero-order valence-electron chi connectivity index (χ0n) is 9.22. The highest BCUT2D eigenvalue weighted by atomic mass is 19.4. The predicted octanol–water partition coefficient (Wildman–Crippen LogP) is 2.81. The summed E-state index contributed by atoms with van der Waals surface area (Å²) >= 11 is 0. The molecule has 3 nitrogen and oxygen atoms in total. The molecule has 0 aliphatic rings. The summed E-state index contributed by atoms with van der Waals surface area (Å²) in [6.07, 6.45) is -4.49. The van der Waals surface area contributed by atoms with Gasteiger partial charge in [0.15, 0.2) is 0 Å². The summed E-state index contributed by atoms with van der Waals surface area (Å²) in [7, 11) is 1.17. The number of pyridine rings is 1. The minimum absolute atomic E-state index is 0.0218. The van der Waals surface area contributed by atoms with E-state index in [-0.39, 0.29) is 23.2 Å². The number of hydrogen-bond acceptors (Lipinski definition) is 3. The standard InChI is InChI=1S/C10H13F3N2O/c1-5(2)9-8(10(11,12)13)6(16-3)4-7(14)15-9/h4-5H,1-3H3,(H2,14,15). The molecule has 0 aromatic carbocycles. The van der Waals surface area contributed by atoms with Gasteiger partial charge in [0.25, 0.3) is 0 Å². The van der Waals surface area contributed by atoms with Crippen molar-refractivity contribution in [1.82, 2.24) is 4.98 Å². The molecule has 1 rings (SSSR count). The number of anilines is 1. The van der Waals surface area contributed by atoms with Crippen molar-refractivity contribution in [3.8, 4) is 5.75 Å². The molecule has 0 spiro atoms. The fourth-order valence-electron chi connectivity index (χ4n) is 1.42. The molecule has 1 aromatic rings. The van der Waals surface area contributed by atoms with Crippen LogP contribution in [0, 0.1) is 0 Å². The second-order valence-corrected chi connectivity index (χ2v) is 3.66. The predicted molar refractivity (Wildman–Crippen MR) is 54.3 cm³/mol. The van der Waals surface area contributed by atoms with Crippen LogP contribution in [-0.2, 0) is 6.18 Å². The van der Waals surface area contributed by atoms with E-state index in [1.165, 1.54) is 7.11 Å². The maximum absolute atomic E-state index is 12.8. The van der Waals surface area contributed by atoms with E-state index in [0.717, 1.165) is 6.07 Å². The van der Waals surface area contributed by atoms with E-state index in [1.54, 1.807) is 13.8 Å². The zero-order chi connectivity index (χ0) is 12.5. The molecule has 0 unspecified atom stereocenters. The average Bonchev–Trinajstić information content (AvgIpc) is 2.14. The van der Waals surface area contributed by atoms with Gasteiger partial charge in [0.05, 0.1) is 12.8 Å². The van der Waals surface area contributed by atoms with Crippen molar-refractivity contribution in [2.75, 3.05) is 12.8 Å². The van der Waals surface area contributed by atoms with Gasteiger partial charge in [0.2, 0.25) is 0 Å². The molecule has 0 fully saturated rings. The zero-order valence-corrected chi connectivity index (χ0v) is 9.22. The van der Waals surface area contributed by atoms with Crippen molar-refractivity contribution >= 4 is 5.82 Å². The third-order valence-corrected chi connectivity index (χ3v) is 2.08. The van der Waals surface area contributed by atoms with Crippen LogP contribution in [0.2, 0.25) is 0 Å². The number of alkyl halides is 3. The maximum Gasteiger partial charge on any atom is 0.421 e. The summed E-state index contributed by atoms with van der Waals surface area (Å²) in [5, 5.41) is 0. The minimum atomic E-state index is -4.49. The molecular weight excluding hydrogens is 221 g/mol. The first kappa shape index (κ1) is 12.6. The smallest absolute Gasteiger partial charge is 0.421 e. The normalized spacial score (nSPS) is 11.9. The van der Waals surface area contributed by atoms with Crippen LogP contribution in [0.15, 0.2) is 6.07 Å². The number of rotatable bonds is 2. The third-order valence-electron chi connectivity index (χ3n) is 2.08. The van der Waals surface area contributed by atoms with Crippen LogP contribution in [0.25, 0.3) is 0 Å². The molecule has 1 heterocycles. The fraction of sp³-hybridized carbons (Fsp3) is 0.500. The highest BCUT2D eigenvalue weighted by Crippen LogP contribution is 2.41. The Hall–Kier alpha value is -1.46. The Bertz CT molecular complexity index is 388. The quantitative estimate of drug-likeness (QED) is 0.855. The lowest BCUT2D eigenvalue weighted by atomic mass is 10.0. The van der Waals surface area contributed by atoms with E-state index in [2.05, 4.69) is 4.98 Å². The summed E-state index contributed by atoms with van der Waals surface area (Å²) in [6, 6.07) is 1.08. The second-order valence-electron chi connectivity index (χ2n) is 3.66. The van der Waals surface area contributed by atoms with Crippen molar-refractivity contribution in [2.45, 2.75) is 25.9 Å². The molecule has 16 heavy (non-hydrogen) atoms. The third kappa shape index (κ3) is 2.37. The van der Waals surface area contributed by atoms with Crippen LogP contribution in [0.4, 0.5) is 19.0 Å². The summed E-state index contributed by atoms with van der Waals surface area (Å²) in [6.45, 7) is 3.24. The molecule has 6 heteroatoms. The molecule has 0 radical (unpaired) electrons. The van der Waals surface area contributed by atoms with Crippen LogP contribution in [-0.4, -0.2) is 12.1 Å². The molecular formula is C10H13F3N2O. The molecule has 0 aliphatic heterocycles. The first-order valence-corrected chi connectivity index (χ1v) is 4.69. The van der Waals surface area contributed by atoms with Gasteiger partial charge in [-0.15, -0.1) is 0 Å². The lowest BCUT2D eigenvalue weighted by molar-refractivity contribution is -0.139. The van der Waals surface area contributed by atoms with Gasteiger partial charge in [0.1, 0.15) is 17.1 Å². The number of nitrogens with two attached hydrogens (primary N) is 1. The van der Waals surface area contributed by atoms with E-state index in [9.17, 15) is 13.2 Å². The largest absolute Gasteiger partial charge is 0.496 e. The van der Waals surface area contributed by atoms with Crippen LogP contribution >= 0.6 is 0 Å². The Morgan fingerprint density at radius 2 is 1.94 bits per heavy atom. The molecule has 1 aromatic heterocycles. The number of methoxy groups -OCH3 is 1. The Kier molecular flexibility index (Phi) is 3.30. The average molecular weight is 234 g/mol. The van der Waals surface area contributed by atoms with Gasteiger partial charge in [-0.05, 0) is 5.92 Å². The van der Waals surface area contributed by atoms with Gasteiger partial charge >= 0.3 is 6.18 Å². The van der Waals surface area contributed by atoms with Crippen molar-refractivity contribution in [1.29, 1.82) is 0 Å². The highest BCUT2D eigenvalue weighted by molar-refractivity contribution is 5.48. The molecule has 0 amide bonds. The van der Waals surface area contributed by atoms with Crippen molar-refractivity contribution < 1.29 is 17.9 Å². The number of halogens is 3. The molecule has 0 saturated carbocycles. The number of ether oxygens (including phenoxy) is 1. The van der Waals surface area contributed by atoms with Crippen LogP contribution in [0.1, 0.15) is 31.0 Å². The van der Waals surface area contributed by atoms with E-state index < -0.39 is 11.7 Å². The summed E-state index contributed by atoms with van der Waals surface area (Å²) < 4.78 is 43.2. The first-order chi connectivity index (χ1) is 7.27. The van der Waals surface area contributed by atoms with Gasteiger partial charge < -0.3 is 10.5 Å². The van der Waals surface area contributed by atoms with Gasteiger partial charge in [-0.1, -0.05) is 13.8 Å². The number of nitrogens with zero attached hydrogens (tertiary/aromatic N) is 1. The van der Waals surface area contributed by atoms with Crippen molar-refractivity contribution in [3.63, 3.8) is 0 Å². The molecule has 2 N–H and O–H groups in total. The Balaban J connectivity index is 3.52. The lowest BCUT2D eigenvalue weighted by Crippen LogP contribution is -2.15. The Labute approximate surface area is 91.4 Å². The van der Waals surface area contributed by atoms with Crippen LogP contribution < -0.4 is 10.5 Å². The summed E-state index contributed by atoms with van der Waals surface area (Å²) in [4.78, 5) is 3.73. The monoisotopic (exact) mass is 234 g/mol. The van der Waals surface area contributed by atoms with Gasteiger partial charge in [-0.3, -0.25) is 0 Å². The topological polar surface area (TPSA) is 48.1 Å². The lowest BCUT2D eigenvalue weighted by Gasteiger charge is -2.18. The molecule has 90 valence electrons. The van der Waals surface area contributed by atoms with E-state index in [1.807, 2.05) is 0 Å². The minimum Gasteiger partial charge on any atom is -0.496 e. The van der Waals surface area contributed by atoms with Gasteiger partial charge in [-0.2, -0.15) is 13.2 Å². The van der Waals surface area contributed by atoms with Crippen LogP contribution in [0.5, 0.6) is 5.75 Å². The molecule has 0 bridgehead atoms. The Morgan fingerprint density at radius 3 is 2.31 bits per heavy atom. The van der Waals surface area contributed by atoms with Crippen molar-refractivity contribution in [3.05, 3.63) is 17.3 Å². The summed E-state index contributed by atoms with van der Waals surface area (Å²) in [5.41, 5.74) is 4.49. The van der Waals surface area contributed by atoms with E-state index >= 15 is 0 Å². The number of hydrogen-bond donors (Lipinski definition) is 1. The second kappa shape index (κ2) is 4.19. The first-order valence-electron chi connectivity index (χ1n) is 4.69. The summed E-state index contributed by atoms with van der Waals surface area (Å²) in [5.74, 6) is -0.647. The molecule has 0 saturated heterocycles. The Morgan fingerprint density at radius 1 is 1.38 bits per heavy atom. The SMILES string of the molecule is COc1cc(N)nc(C(C)C)c1C(F)(F)F. The van der Waals surface area contributed by atoms with Crippen LogP contribution in [0.3, 0.4) is 0 Å². The van der Waals surface area contributed by atoms with Gasteiger partial charge in [0, 0.05) is 6.07 Å². The fourth-order valence-corrected chi connectivity index (χ4v) is 1.42.